The Morgan fingerprint density at radius 1 is 0.846 bits per heavy atom. The van der Waals surface area contributed by atoms with Crippen molar-refractivity contribution in [3.63, 3.8) is 0 Å². The highest BCUT2D eigenvalue weighted by Crippen LogP contribution is 2.17. The summed E-state index contributed by atoms with van der Waals surface area (Å²) in [5, 5.41) is 8.38. The topological polar surface area (TPSA) is 50.1 Å². The molecule has 0 aliphatic carbocycles. The summed E-state index contributed by atoms with van der Waals surface area (Å²) >= 11 is 6.15. The molecule has 4 heteroatoms. The summed E-state index contributed by atoms with van der Waals surface area (Å²) in [7, 11) is 0. The zero-order valence-electron chi connectivity index (χ0n) is 17.1. The fourth-order valence-corrected chi connectivity index (χ4v) is 3.30. The molecule has 0 heterocycles. The molecule has 0 aliphatic heterocycles. The van der Waals surface area contributed by atoms with Gasteiger partial charge in [-0.2, -0.15) is 5.26 Å². The maximum Gasteiger partial charge on any atom is 0.324 e. The van der Waals surface area contributed by atoms with Crippen molar-refractivity contribution in [3.05, 3.63) is 0 Å². The maximum absolute atomic E-state index is 12.1. The van der Waals surface area contributed by atoms with E-state index in [0.717, 1.165) is 32.1 Å². The lowest BCUT2D eigenvalue weighted by Gasteiger charge is -2.17. The molecular formula is C22H40ClNO2. The Hall–Kier alpha value is -0.750. The number of hydrogen-bond donors (Lipinski definition) is 0. The molecule has 0 aromatic rings. The van der Waals surface area contributed by atoms with E-state index in [1.807, 2.05) is 0 Å². The quantitative estimate of drug-likeness (QED) is 0.141. The second-order valence-electron chi connectivity index (χ2n) is 7.36. The maximum atomic E-state index is 12.1. The number of halogens is 1. The van der Waals surface area contributed by atoms with Gasteiger partial charge in [-0.25, -0.2) is 0 Å². The first kappa shape index (κ1) is 25.2. The Kier molecular flexibility index (Phi) is 18.5. The minimum absolute atomic E-state index is 0.266. The minimum atomic E-state index is -0.573. The first-order valence-electron chi connectivity index (χ1n) is 10.9. The van der Waals surface area contributed by atoms with Gasteiger partial charge in [0.05, 0.1) is 12.5 Å². The molecule has 0 radical (unpaired) electrons. The predicted octanol–water partition coefficient (Wildman–Crippen LogP) is 7.31. The number of alkyl halides is 1. The number of carbonyl (C=O) groups is 1. The normalized spacial score (nSPS) is 13.2. The van der Waals surface area contributed by atoms with Crippen LogP contribution in [-0.4, -0.2) is 17.5 Å². The van der Waals surface area contributed by atoms with Crippen molar-refractivity contribution in [2.24, 2.45) is 0 Å². The number of unbranched alkanes of at least 4 members (excludes halogenated alkanes) is 11. The summed E-state index contributed by atoms with van der Waals surface area (Å²) in [5.41, 5.74) is 0. The number of hydrogen-bond acceptors (Lipinski definition) is 3. The van der Waals surface area contributed by atoms with Gasteiger partial charge in [0, 0.05) is 0 Å². The van der Waals surface area contributed by atoms with Crippen molar-refractivity contribution in [1.82, 2.24) is 0 Å². The van der Waals surface area contributed by atoms with Gasteiger partial charge in [0.2, 0.25) is 0 Å². The molecule has 0 saturated carbocycles. The molecule has 26 heavy (non-hydrogen) atoms. The van der Waals surface area contributed by atoms with Crippen LogP contribution in [0.5, 0.6) is 0 Å². The van der Waals surface area contributed by atoms with Crippen LogP contribution in [0.4, 0.5) is 0 Å². The van der Waals surface area contributed by atoms with Gasteiger partial charge in [-0.1, -0.05) is 90.9 Å². The molecule has 0 fully saturated rings. The van der Waals surface area contributed by atoms with E-state index >= 15 is 0 Å². The van der Waals surface area contributed by atoms with E-state index in [0.29, 0.717) is 6.42 Å². The molecule has 1 unspecified atom stereocenters. The van der Waals surface area contributed by atoms with Crippen molar-refractivity contribution in [2.45, 2.75) is 128 Å². The van der Waals surface area contributed by atoms with Gasteiger partial charge in [-0.05, 0) is 19.3 Å². The number of esters is 1. The van der Waals surface area contributed by atoms with Crippen LogP contribution in [0.15, 0.2) is 0 Å². The second kappa shape index (κ2) is 19.0. The Balaban J connectivity index is 3.84. The van der Waals surface area contributed by atoms with E-state index in [4.69, 9.17) is 21.6 Å². The molecule has 2 atom stereocenters. The fraction of sp³-hybridized carbons (Fsp3) is 0.909. The minimum Gasteiger partial charge on any atom is -0.460 e. The van der Waals surface area contributed by atoms with Crippen LogP contribution < -0.4 is 0 Å². The third kappa shape index (κ3) is 15.5. The number of ether oxygens (including phenoxy) is 1. The average Bonchev–Trinajstić information content (AvgIpc) is 2.63. The van der Waals surface area contributed by atoms with Crippen LogP contribution >= 0.6 is 11.6 Å². The van der Waals surface area contributed by atoms with E-state index < -0.39 is 5.38 Å². The molecule has 3 nitrogen and oxygen atoms in total. The Morgan fingerprint density at radius 3 is 1.85 bits per heavy atom. The number of carbonyl (C=O) groups excluding carboxylic acids is 1. The molecule has 0 rings (SSSR count). The van der Waals surface area contributed by atoms with Gasteiger partial charge in [-0.15, -0.1) is 11.6 Å². The van der Waals surface area contributed by atoms with Crippen LogP contribution in [0, 0.1) is 11.3 Å². The van der Waals surface area contributed by atoms with Gasteiger partial charge in [0.1, 0.15) is 11.5 Å². The zero-order chi connectivity index (χ0) is 19.5. The third-order valence-electron chi connectivity index (χ3n) is 4.80. The molecule has 0 aromatic carbocycles. The lowest BCUT2D eigenvalue weighted by Crippen LogP contribution is -2.24. The van der Waals surface area contributed by atoms with E-state index in [1.165, 1.54) is 57.8 Å². The number of nitrogens with zero attached hydrogens (tertiary/aromatic N) is 1. The average molecular weight is 386 g/mol. The molecule has 0 amide bonds. The molecule has 0 N–H and O–H groups in total. The van der Waals surface area contributed by atoms with Crippen LogP contribution in [0.1, 0.15) is 117 Å². The first-order valence-corrected chi connectivity index (χ1v) is 11.3. The Labute approximate surface area is 166 Å². The summed E-state index contributed by atoms with van der Waals surface area (Å²) in [6, 6.07) is 2.13. The summed E-state index contributed by atoms with van der Waals surface area (Å²) < 4.78 is 5.49. The molecule has 0 aliphatic rings. The SMILES string of the molecule is CCCCCCCCCCC[C@H](CC#N)OC(=O)C(Cl)CCCCCC. The smallest absolute Gasteiger partial charge is 0.324 e. The summed E-state index contributed by atoms with van der Waals surface area (Å²) in [6.45, 7) is 4.40. The van der Waals surface area contributed by atoms with Crippen LogP contribution in [0.25, 0.3) is 0 Å². The van der Waals surface area contributed by atoms with E-state index in [9.17, 15) is 4.79 Å². The van der Waals surface area contributed by atoms with Crippen molar-refractivity contribution >= 4 is 17.6 Å². The highest BCUT2D eigenvalue weighted by molar-refractivity contribution is 6.29. The van der Waals surface area contributed by atoms with Crippen LogP contribution in [0.3, 0.4) is 0 Å². The van der Waals surface area contributed by atoms with Crippen LogP contribution in [-0.2, 0) is 9.53 Å². The van der Waals surface area contributed by atoms with Crippen LogP contribution in [0.2, 0.25) is 0 Å². The molecule has 0 bridgehead atoms. The second-order valence-corrected chi connectivity index (χ2v) is 7.88. The molecule has 0 saturated heterocycles. The highest BCUT2D eigenvalue weighted by atomic mass is 35.5. The summed E-state index contributed by atoms with van der Waals surface area (Å²) in [5.74, 6) is -0.348. The zero-order valence-corrected chi connectivity index (χ0v) is 17.9. The van der Waals surface area contributed by atoms with Crippen molar-refractivity contribution < 1.29 is 9.53 Å². The summed E-state index contributed by atoms with van der Waals surface area (Å²) in [6.07, 6.45) is 17.1. The lowest BCUT2D eigenvalue weighted by atomic mass is 10.0. The first-order chi connectivity index (χ1) is 12.7. The van der Waals surface area contributed by atoms with Crippen molar-refractivity contribution in [2.75, 3.05) is 0 Å². The molecule has 0 aromatic heterocycles. The van der Waals surface area contributed by atoms with Gasteiger partial charge in [0.15, 0.2) is 0 Å². The monoisotopic (exact) mass is 385 g/mol. The molecule has 152 valence electrons. The van der Waals surface area contributed by atoms with E-state index in [1.54, 1.807) is 0 Å². The summed E-state index contributed by atoms with van der Waals surface area (Å²) in [4.78, 5) is 12.1. The number of rotatable bonds is 18. The lowest BCUT2D eigenvalue weighted by molar-refractivity contribution is -0.148. The largest absolute Gasteiger partial charge is 0.460 e. The Bertz CT molecular complexity index is 368. The Morgan fingerprint density at radius 2 is 1.31 bits per heavy atom. The predicted molar refractivity (Wildman–Crippen MR) is 110 cm³/mol. The van der Waals surface area contributed by atoms with Gasteiger partial charge in [0.25, 0.3) is 0 Å². The molecular weight excluding hydrogens is 346 g/mol. The van der Waals surface area contributed by atoms with Gasteiger partial charge < -0.3 is 4.74 Å². The highest BCUT2D eigenvalue weighted by Gasteiger charge is 2.21. The van der Waals surface area contributed by atoms with Gasteiger partial charge in [-0.3, -0.25) is 4.79 Å². The standard InChI is InChI=1S/C22H40ClNO2/c1-3-5-7-9-10-11-12-13-14-16-20(18-19-24)26-22(25)21(23)17-15-8-6-4-2/h20-21H,3-18H2,1-2H3/t20-,21?/m1/s1. The van der Waals surface area contributed by atoms with Crippen molar-refractivity contribution in [3.8, 4) is 6.07 Å². The molecule has 0 spiro atoms. The third-order valence-corrected chi connectivity index (χ3v) is 5.19. The van der Waals surface area contributed by atoms with E-state index in [2.05, 4.69) is 19.9 Å². The van der Waals surface area contributed by atoms with Crippen molar-refractivity contribution in [1.29, 1.82) is 5.26 Å². The van der Waals surface area contributed by atoms with E-state index in [-0.39, 0.29) is 18.5 Å². The number of nitriles is 1. The fourth-order valence-electron chi connectivity index (χ4n) is 3.09. The van der Waals surface area contributed by atoms with Gasteiger partial charge >= 0.3 is 5.97 Å².